The maximum atomic E-state index is 13.3. The number of carbonyl (C=O) groups is 2. The van der Waals surface area contributed by atoms with Crippen molar-refractivity contribution < 1.29 is 33.2 Å². The maximum absolute atomic E-state index is 13.3. The van der Waals surface area contributed by atoms with E-state index in [-0.39, 0.29) is 19.1 Å². The highest BCUT2D eigenvalue weighted by Gasteiger charge is 2.56. The van der Waals surface area contributed by atoms with Crippen molar-refractivity contribution in [2.75, 3.05) is 19.3 Å². The number of rotatable bonds is 13. The van der Waals surface area contributed by atoms with Crippen molar-refractivity contribution in [2.45, 2.75) is 76.9 Å². The highest BCUT2D eigenvalue weighted by atomic mass is 31.2. The molecule has 180 valence electrons. The van der Waals surface area contributed by atoms with Crippen LogP contribution in [0.4, 0.5) is 4.79 Å². The number of quaternary nitrogens is 1. The summed E-state index contributed by atoms with van der Waals surface area (Å²) in [5.41, 5.74) is 6.77. The summed E-state index contributed by atoms with van der Waals surface area (Å²) in [5.74, 6) is -0.627. The van der Waals surface area contributed by atoms with Gasteiger partial charge in [0.05, 0.1) is 12.7 Å². The van der Waals surface area contributed by atoms with Crippen molar-refractivity contribution in [3.8, 4) is 0 Å². The van der Waals surface area contributed by atoms with Crippen molar-refractivity contribution in [3.63, 3.8) is 0 Å². The molecule has 1 aromatic carbocycles. The van der Waals surface area contributed by atoms with E-state index in [1.165, 1.54) is 5.56 Å². The Balaban J connectivity index is 1.97. The van der Waals surface area contributed by atoms with Crippen LogP contribution in [0.15, 0.2) is 30.3 Å². The Bertz CT molecular complexity index is 790. The molecule has 0 saturated carbocycles. The highest BCUT2D eigenvalue weighted by molar-refractivity contribution is 7.52. The number of aryl methyl sites for hydroxylation is 1. The van der Waals surface area contributed by atoms with Crippen molar-refractivity contribution >= 4 is 19.6 Å². The summed E-state index contributed by atoms with van der Waals surface area (Å²) in [6.45, 7) is 2.34. The summed E-state index contributed by atoms with van der Waals surface area (Å²) >= 11 is 0. The lowest BCUT2D eigenvalue weighted by Crippen LogP contribution is -2.62. The third kappa shape index (κ3) is 7.22. The number of likely N-dealkylation sites (tertiary alicyclic amines) is 1. The van der Waals surface area contributed by atoms with Crippen LogP contribution in [0, 0.1) is 0 Å². The smallest absolute Gasteiger partial charge is 0.435 e. The first-order valence-electron chi connectivity index (χ1n) is 11.6. The van der Waals surface area contributed by atoms with Crippen LogP contribution < -0.4 is 5.73 Å². The van der Waals surface area contributed by atoms with Crippen LogP contribution in [-0.2, 0) is 20.3 Å². The average molecular weight is 470 g/mol. The van der Waals surface area contributed by atoms with Crippen LogP contribution in [0.2, 0.25) is 0 Å². The molecular formula is C23H38N2O6P+. The molecule has 0 radical (unpaired) electrons. The van der Waals surface area contributed by atoms with Crippen molar-refractivity contribution in [1.29, 1.82) is 0 Å². The second-order valence-corrected chi connectivity index (χ2v) is 10.7. The zero-order valence-electron chi connectivity index (χ0n) is 19.0. The highest BCUT2D eigenvalue weighted by Crippen LogP contribution is 2.46. The largest absolute Gasteiger partial charge is 0.521 e. The van der Waals surface area contributed by atoms with Crippen molar-refractivity contribution in [3.05, 3.63) is 35.9 Å². The zero-order chi connectivity index (χ0) is 23.6. The lowest BCUT2D eigenvalue weighted by Gasteiger charge is -2.33. The normalized spacial score (nSPS) is 23.5. The molecule has 1 fully saturated rings. The molecule has 1 aromatic rings. The molecule has 4 atom stereocenters. The van der Waals surface area contributed by atoms with Gasteiger partial charge in [0.25, 0.3) is 0 Å². The third-order valence-corrected chi connectivity index (χ3v) is 7.82. The van der Waals surface area contributed by atoms with Gasteiger partial charge in [-0.05, 0) is 57.6 Å². The molecule has 2 amide bonds. The summed E-state index contributed by atoms with van der Waals surface area (Å²) < 4.78 is 17.5. The lowest BCUT2D eigenvalue weighted by molar-refractivity contribution is -0.794. The monoisotopic (exact) mass is 469 g/mol. The minimum atomic E-state index is -4.04. The van der Waals surface area contributed by atoms with Gasteiger partial charge in [-0.25, -0.2) is 4.79 Å². The van der Waals surface area contributed by atoms with E-state index in [0.29, 0.717) is 38.6 Å². The molecule has 4 N–H and O–H groups in total. The van der Waals surface area contributed by atoms with Crippen LogP contribution in [0.3, 0.4) is 0 Å². The Morgan fingerprint density at radius 2 is 1.91 bits per heavy atom. The Kier molecular flexibility index (Phi) is 10.5. The van der Waals surface area contributed by atoms with Gasteiger partial charge in [0.2, 0.25) is 0 Å². The quantitative estimate of drug-likeness (QED) is 0.223. The first kappa shape index (κ1) is 26.7. The number of benzene rings is 1. The Morgan fingerprint density at radius 3 is 2.50 bits per heavy atom. The van der Waals surface area contributed by atoms with Gasteiger partial charge in [0.1, 0.15) is 6.04 Å². The van der Waals surface area contributed by atoms with Crippen molar-refractivity contribution in [2.24, 2.45) is 5.73 Å². The summed E-state index contributed by atoms with van der Waals surface area (Å²) in [4.78, 5) is 35.8. The van der Waals surface area contributed by atoms with E-state index in [1.54, 1.807) is 6.92 Å². The summed E-state index contributed by atoms with van der Waals surface area (Å²) in [7, 11) is -4.04. The molecule has 0 spiro atoms. The van der Waals surface area contributed by atoms with Gasteiger partial charge in [0.15, 0.2) is 6.10 Å². The van der Waals surface area contributed by atoms with Crippen LogP contribution in [0.1, 0.15) is 63.9 Å². The Morgan fingerprint density at radius 1 is 1.19 bits per heavy atom. The zero-order valence-corrected chi connectivity index (χ0v) is 19.9. The first-order valence-corrected chi connectivity index (χ1v) is 13.4. The second-order valence-electron chi connectivity index (χ2n) is 8.74. The number of imide groups is 1. The van der Waals surface area contributed by atoms with Gasteiger partial charge in [-0.2, -0.15) is 9.28 Å². The standard InChI is InChI=1S/C23H37N2O6P/c1-19-11-10-17-25(19,23(27)28)22(26)21(15-7-8-16-24)31-32(29,30)18-9-3-6-14-20-12-4-2-5-13-20/h2,4-5,12-13,19,21H,3,6-11,14-18,24H2,1H3,(H-,27,28,29,30)/p+1/t19?,21?,25-/m0/s1. The second kappa shape index (κ2) is 12.6. The molecule has 8 nitrogen and oxygen atoms in total. The van der Waals surface area contributed by atoms with Crippen LogP contribution in [0.5, 0.6) is 0 Å². The summed E-state index contributed by atoms with van der Waals surface area (Å²) in [5, 5.41) is 9.86. The van der Waals surface area contributed by atoms with Gasteiger partial charge in [0, 0.05) is 12.8 Å². The van der Waals surface area contributed by atoms with E-state index in [1.807, 2.05) is 18.2 Å². The molecule has 1 aliphatic rings. The number of amides is 2. The van der Waals surface area contributed by atoms with E-state index in [4.69, 9.17) is 10.3 Å². The van der Waals surface area contributed by atoms with Crippen LogP contribution in [0.25, 0.3) is 0 Å². The number of nitrogens with zero attached hydrogens (tertiary/aromatic N) is 1. The fraction of sp³-hybridized carbons (Fsp3) is 0.652. The minimum Gasteiger partial charge on any atom is -0.435 e. The van der Waals surface area contributed by atoms with Gasteiger partial charge < -0.3 is 15.7 Å². The molecule has 1 aliphatic heterocycles. The number of hydrogen-bond acceptors (Lipinski definition) is 5. The van der Waals surface area contributed by atoms with Gasteiger partial charge in [-0.1, -0.05) is 36.8 Å². The fourth-order valence-electron chi connectivity index (χ4n) is 4.45. The fourth-order valence-corrected chi connectivity index (χ4v) is 5.77. The van der Waals surface area contributed by atoms with Crippen LogP contribution >= 0.6 is 7.60 Å². The molecule has 0 aliphatic carbocycles. The van der Waals surface area contributed by atoms with Gasteiger partial charge >= 0.3 is 19.6 Å². The van der Waals surface area contributed by atoms with Gasteiger partial charge in [-0.3, -0.25) is 9.09 Å². The minimum absolute atomic E-state index is 0.0505. The summed E-state index contributed by atoms with van der Waals surface area (Å²) in [6.07, 6.45) is 3.13. The number of unbranched alkanes of at least 4 members (excludes halogenated alkanes) is 3. The molecule has 1 heterocycles. The van der Waals surface area contributed by atoms with Crippen LogP contribution in [-0.4, -0.2) is 57.9 Å². The number of carboxylic acid groups (broad SMARTS) is 1. The third-order valence-electron chi connectivity index (χ3n) is 6.36. The van der Waals surface area contributed by atoms with E-state index < -0.39 is 36.2 Å². The van der Waals surface area contributed by atoms with Gasteiger partial charge in [-0.15, -0.1) is 0 Å². The van der Waals surface area contributed by atoms with E-state index in [0.717, 1.165) is 19.3 Å². The molecule has 32 heavy (non-hydrogen) atoms. The first-order chi connectivity index (χ1) is 15.2. The molecule has 9 heteroatoms. The molecule has 3 unspecified atom stereocenters. The van der Waals surface area contributed by atoms with E-state index in [2.05, 4.69) is 12.1 Å². The molecule has 0 bridgehead atoms. The Hall–Kier alpha value is -1.57. The van der Waals surface area contributed by atoms with E-state index >= 15 is 0 Å². The van der Waals surface area contributed by atoms with Crippen molar-refractivity contribution in [1.82, 2.24) is 0 Å². The predicted octanol–water partition coefficient (Wildman–Crippen LogP) is 4.30. The predicted molar refractivity (Wildman–Crippen MR) is 123 cm³/mol. The molecule has 2 rings (SSSR count). The topological polar surface area (TPSA) is 127 Å². The van der Waals surface area contributed by atoms with E-state index in [9.17, 15) is 24.2 Å². The molecular weight excluding hydrogens is 431 g/mol. The summed E-state index contributed by atoms with van der Waals surface area (Å²) in [6, 6.07) is 9.65. The number of nitrogens with two attached hydrogens (primary N) is 1. The Labute approximate surface area is 190 Å². The average Bonchev–Trinajstić information content (AvgIpc) is 3.15. The molecule has 0 aromatic heterocycles. The SMILES string of the molecule is CC1CCC[N@@+]1(C(=O)O)C(=O)C(CCCCN)OP(=O)(O)CCCCCc1ccccc1. The number of carbonyl (C=O) groups excluding carboxylic acids is 1. The lowest BCUT2D eigenvalue weighted by atomic mass is 10.1. The molecule has 1 saturated heterocycles. The maximum Gasteiger partial charge on any atom is 0.521 e. The number of hydrogen-bond donors (Lipinski definition) is 3.